The molecular formula is C22H24F3N9O2. The van der Waals surface area contributed by atoms with Crippen molar-refractivity contribution in [2.24, 2.45) is 14.1 Å². The Balaban J connectivity index is 1.61. The van der Waals surface area contributed by atoms with Gasteiger partial charge >= 0.3 is 6.18 Å². The van der Waals surface area contributed by atoms with Gasteiger partial charge in [0.25, 0.3) is 11.8 Å². The molecule has 0 aliphatic heterocycles. The summed E-state index contributed by atoms with van der Waals surface area (Å²) in [6, 6.07) is 2.09. The number of aryl methyl sites for hydroxylation is 2. The number of anilines is 1. The topological polar surface area (TPSA) is 124 Å². The molecule has 2 amide bonds. The van der Waals surface area contributed by atoms with Crippen LogP contribution in [0.2, 0.25) is 0 Å². The first kappa shape index (κ1) is 24.9. The van der Waals surface area contributed by atoms with Gasteiger partial charge in [-0.05, 0) is 6.07 Å². The fourth-order valence-corrected chi connectivity index (χ4v) is 3.49. The molecule has 4 heterocycles. The van der Waals surface area contributed by atoms with Crippen LogP contribution in [-0.4, -0.2) is 46.0 Å². The van der Waals surface area contributed by atoms with E-state index < -0.39 is 29.1 Å². The first-order chi connectivity index (χ1) is 16.7. The maximum atomic E-state index is 13.7. The van der Waals surface area contributed by atoms with Crippen molar-refractivity contribution in [3.05, 3.63) is 59.1 Å². The number of fused-ring (bicyclic) bond motifs is 1. The molecule has 4 aromatic rings. The van der Waals surface area contributed by atoms with Gasteiger partial charge in [-0.25, -0.2) is 9.50 Å². The molecule has 0 bridgehead atoms. The zero-order chi connectivity index (χ0) is 26.4. The third-order valence-electron chi connectivity index (χ3n) is 5.33. The normalized spacial score (nSPS) is 12.2. The number of carbonyl (C=O) groups excluding carboxylic acids is 2. The molecule has 0 spiro atoms. The van der Waals surface area contributed by atoms with E-state index in [0.29, 0.717) is 4.52 Å². The fraction of sp³-hybridized carbons (Fsp3) is 0.364. The summed E-state index contributed by atoms with van der Waals surface area (Å²) in [6.45, 7) is 5.40. The Labute approximate surface area is 203 Å². The number of aromatic nitrogens is 7. The van der Waals surface area contributed by atoms with Crippen molar-refractivity contribution in [2.75, 3.05) is 5.32 Å². The van der Waals surface area contributed by atoms with Crippen LogP contribution in [0.3, 0.4) is 0 Å². The Hall–Kier alpha value is -4.23. The van der Waals surface area contributed by atoms with E-state index in [2.05, 4.69) is 30.9 Å². The van der Waals surface area contributed by atoms with Crippen LogP contribution in [0.25, 0.3) is 5.65 Å². The van der Waals surface area contributed by atoms with Gasteiger partial charge in [0.2, 0.25) is 0 Å². The van der Waals surface area contributed by atoms with Crippen LogP contribution in [0.5, 0.6) is 0 Å². The lowest BCUT2D eigenvalue weighted by Gasteiger charge is -2.19. The van der Waals surface area contributed by atoms with Gasteiger partial charge < -0.3 is 10.6 Å². The van der Waals surface area contributed by atoms with E-state index in [9.17, 15) is 22.8 Å². The number of carbonyl (C=O) groups is 2. The quantitative estimate of drug-likeness (QED) is 0.432. The molecular weight excluding hydrogens is 479 g/mol. The smallest absolute Gasteiger partial charge is 0.346 e. The minimum absolute atomic E-state index is 0.0557. The van der Waals surface area contributed by atoms with Crippen LogP contribution in [0.1, 0.15) is 58.7 Å². The lowest BCUT2D eigenvalue weighted by Crippen LogP contribution is -2.26. The van der Waals surface area contributed by atoms with E-state index in [1.807, 2.05) is 0 Å². The third kappa shape index (κ3) is 4.92. The maximum absolute atomic E-state index is 13.7. The van der Waals surface area contributed by atoms with Crippen molar-refractivity contribution in [3.8, 4) is 0 Å². The van der Waals surface area contributed by atoms with Gasteiger partial charge in [-0.1, -0.05) is 20.8 Å². The average Bonchev–Trinajstić information content (AvgIpc) is 3.48. The van der Waals surface area contributed by atoms with Crippen molar-refractivity contribution < 1.29 is 22.8 Å². The minimum Gasteiger partial charge on any atom is -0.346 e. The number of amides is 2. The summed E-state index contributed by atoms with van der Waals surface area (Å²) in [6.07, 6.45) is -0.110. The summed E-state index contributed by atoms with van der Waals surface area (Å²) in [5.74, 6) is -1.33. The molecule has 4 rings (SSSR count). The third-order valence-corrected chi connectivity index (χ3v) is 5.33. The second-order valence-corrected chi connectivity index (χ2v) is 9.26. The average molecular weight is 503 g/mol. The van der Waals surface area contributed by atoms with Gasteiger partial charge in [-0.15, -0.1) is 0 Å². The maximum Gasteiger partial charge on any atom is 0.433 e. The van der Waals surface area contributed by atoms with Gasteiger partial charge in [0.15, 0.2) is 11.3 Å². The van der Waals surface area contributed by atoms with Gasteiger partial charge in [0.05, 0.1) is 23.8 Å². The molecule has 0 atom stereocenters. The summed E-state index contributed by atoms with van der Waals surface area (Å²) in [4.78, 5) is 30.0. The zero-order valence-corrected chi connectivity index (χ0v) is 20.2. The van der Waals surface area contributed by atoms with E-state index in [-0.39, 0.29) is 35.0 Å². The molecule has 0 radical (unpaired) electrons. The summed E-state index contributed by atoms with van der Waals surface area (Å²) >= 11 is 0. The minimum atomic E-state index is -4.72. The lowest BCUT2D eigenvalue weighted by molar-refractivity contribution is -0.142. The Morgan fingerprint density at radius 3 is 2.36 bits per heavy atom. The lowest BCUT2D eigenvalue weighted by atomic mass is 9.91. The molecule has 190 valence electrons. The summed E-state index contributed by atoms with van der Waals surface area (Å²) in [7, 11) is 3.27. The number of hydrogen-bond acceptors (Lipinski definition) is 6. The van der Waals surface area contributed by atoms with Crippen molar-refractivity contribution in [2.45, 2.75) is 38.9 Å². The second kappa shape index (κ2) is 8.77. The van der Waals surface area contributed by atoms with Gasteiger partial charge in [0, 0.05) is 43.9 Å². The van der Waals surface area contributed by atoms with Crippen molar-refractivity contribution in [3.63, 3.8) is 0 Å². The SMILES string of the molecule is Cn1cc(CNC(=O)c2c(NC(=O)c3cc4nc(C(C)(C)C)cc(C(F)(F)F)n4n3)cnn2C)cn1. The highest BCUT2D eigenvalue weighted by molar-refractivity contribution is 6.07. The monoisotopic (exact) mass is 503 g/mol. The number of nitrogens with one attached hydrogen (secondary N) is 2. The molecule has 0 saturated heterocycles. The van der Waals surface area contributed by atoms with E-state index in [1.54, 1.807) is 44.9 Å². The van der Waals surface area contributed by atoms with Crippen LogP contribution >= 0.6 is 0 Å². The predicted molar refractivity (Wildman–Crippen MR) is 122 cm³/mol. The Morgan fingerprint density at radius 1 is 1.03 bits per heavy atom. The van der Waals surface area contributed by atoms with Crippen LogP contribution in [-0.2, 0) is 32.2 Å². The Kier molecular flexibility index (Phi) is 6.06. The number of rotatable bonds is 5. The Bertz CT molecular complexity index is 1460. The standard InChI is InChI=1S/C22H24F3N9O2/c1-21(2,3)15-7-16(22(23,24)25)34-17(30-15)6-13(31-34)19(35)29-14-10-28-33(5)18(14)20(36)26-8-12-9-27-32(4)11-12/h6-7,9-11H,8H2,1-5H3,(H,26,36)(H,29,35). The molecule has 0 aliphatic carbocycles. The van der Waals surface area contributed by atoms with Crippen molar-refractivity contribution >= 4 is 23.1 Å². The molecule has 11 nitrogen and oxygen atoms in total. The van der Waals surface area contributed by atoms with Crippen molar-refractivity contribution in [1.82, 2.24) is 39.5 Å². The van der Waals surface area contributed by atoms with Gasteiger partial charge in [-0.2, -0.15) is 28.5 Å². The van der Waals surface area contributed by atoms with E-state index in [0.717, 1.165) is 11.6 Å². The Morgan fingerprint density at radius 2 is 1.75 bits per heavy atom. The molecule has 0 aliphatic rings. The summed E-state index contributed by atoms with van der Waals surface area (Å²) in [5.41, 5.74) is -1.04. The zero-order valence-electron chi connectivity index (χ0n) is 20.2. The fourth-order valence-electron chi connectivity index (χ4n) is 3.49. The van der Waals surface area contributed by atoms with Crippen LogP contribution in [0.15, 0.2) is 30.7 Å². The van der Waals surface area contributed by atoms with E-state index >= 15 is 0 Å². The molecule has 2 N–H and O–H groups in total. The highest BCUT2D eigenvalue weighted by Crippen LogP contribution is 2.32. The number of nitrogens with zero attached hydrogens (tertiary/aromatic N) is 7. The number of alkyl halides is 3. The molecule has 0 aromatic carbocycles. The summed E-state index contributed by atoms with van der Waals surface area (Å²) in [5, 5.41) is 17.1. The van der Waals surface area contributed by atoms with Crippen LogP contribution in [0.4, 0.5) is 18.9 Å². The molecule has 14 heteroatoms. The second-order valence-electron chi connectivity index (χ2n) is 9.26. The molecule has 0 fully saturated rings. The molecule has 4 aromatic heterocycles. The molecule has 0 saturated carbocycles. The molecule has 0 unspecified atom stereocenters. The van der Waals surface area contributed by atoms with E-state index in [4.69, 9.17) is 0 Å². The highest BCUT2D eigenvalue weighted by Gasteiger charge is 2.36. The number of hydrogen-bond donors (Lipinski definition) is 2. The largest absolute Gasteiger partial charge is 0.433 e. The summed E-state index contributed by atoms with van der Waals surface area (Å²) < 4.78 is 44.7. The van der Waals surface area contributed by atoms with Gasteiger partial charge in [-0.3, -0.25) is 19.0 Å². The predicted octanol–water partition coefficient (Wildman–Crippen LogP) is 2.69. The first-order valence-corrected chi connectivity index (χ1v) is 10.8. The molecule has 36 heavy (non-hydrogen) atoms. The van der Waals surface area contributed by atoms with Crippen LogP contribution in [0, 0.1) is 0 Å². The van der Waals surface area contributed by atoms with E-state index in [1.165, 1.54) is 24.0 Å². The number of halogens is 3. The van der Waals surface area contributed by atoms with Gasteiger partial charge in [0.1, 0.15) is 11.4 Å². The highest BCUT2D eigenvalue weighted by atomic mass is 19.4. The van der Waals surface area contributed by atoms with Crippen molar-refractivity contribution in [1.29, 1.82) is 0 Å². The first-order valence-electron chi connectivity index (χ1n) is 10.8. The van der Waals surface area contributed by atoms with Crippen LogP contribution < -0.4 is 10.6 Å².